The van der Waals surface area contributed by atoms with Crippen molar-refractivity contribution < 1.29 is 14.7 Å². The molecule has 0 aromatic rings. The van der Waals surface area contributed by atoms with Crippen LogP contribution in [-0.2, 0) is 4.79 Å². The molecular formula is C14H25N3O3. The van der Waals surface area contributed by atoms with Gasteiger partial charge in [-0.3, -0.25) is 4.79 Å². The number of carboxylic acids is 1. The third kappa shape index (κ3) is 4.37. The topological polar surface area (TPSA) is 81.7 Å². The van der Waals surface area contributed by atoms with Crippen LogP contribution >= 0.6 is 0 Å². The van der Waals surface area contributed by atoms with Crippen LogP contribution in [0.15, 0.2) is 0 Å². The Labute approximate surface area is 119 Å². The van der Waals surface area contributed by atoms with E-state index in [2.05, 4.69) is 22.6 Å². The number of piperidine rings is 1. The summed E-state index contributed by atoms with van der Waals surface area (Å²) in [5.74, 6) is -0.484. The molecule has 6 heteroatoms. The Kier molecular flexibility index (Phi) is 5.23. The summed E-state index contributed by atoms with van der Waals surface area (Å²) < 4.78 is 0. The fourth-order valence-electron chi connectivity index (χ4n) is 3.08. The molecule has 6 nitrogen and oxygen atoms in total. The molecule has 0 bridgehead atoms. The number of likely N-dealkylation sites (tertiary alicyclic amines) is 1. The highest BCUT2D eigenvalue weighted by Gasteiger charge is 2.30. The molecule has 2 atom stereocenters. The first-order chi connectivity index (χ1) is 9.54. The van der Waals surface area contributed by atoms with Gasteiger partial charge in [0.25, 0.3) is 0 Å². The Hall–Kier alpha value is -1.30. The molecule has 1 heterocycles. The van der Waals surface area contributed by atoms with E-state index in [1.165, 1.54) is 0 Å². The largest absolute Gasteiger partial charge is 0.481 e. The number of carbonyl (C=O) groups excluding carboxylic acids is 1. The highest BCUT2D eigenvalue weighted by molar-refractivity contribution is 5.75. The summed E-state index contributed by atoms with van der Waals surface area (Å²) in [6, 6.07) is -0.145. The summed E-state index contributed by atoms with van der Waals surface area (Å²) >= 11 is 0. The molecule has 0 aromatic carbocycles. The van der Waals surface area contributed by atoms with Crippen LogP contribution in [0.25, 0.3) is 0 Å². The smallest absolute Gasteiger partial charge is 0.315 e. The van der Waals surface area contributed by atoms with Gasteiger partial charge in [-0.05, 0) is 58.2 Å². The molecule has 0 unspecified atom stereocenters. The van der Waals surface area contributed by atoms with Crippen LogP contribution in [0.1, 0.15) is 32.1 Å². The van der Waals surface area contributed by atoms with Crippen LogP contribution in [0.5, 0.6) is 0 Å². The lowest BCUT2D eigenvalue weighted by Crippen LogP contribution is -2.44. The van der Waals surface area contributed by atoms with Gasteiger partial charge in [-0.1, -0.05) is 0 Å². The van der Waals surface area contributed by atoms with E-state index in [4.69, 9.17) is 5.11 Å². The summed E-state index contributed by atoms with van der Waals surface area (Å²) in [4.78, 5) is 25.0. The van der Waals surface area contributed by atoms with Crippen molar-refractivity contribution in [2.75, 3.05) is 26.7 Å². The van der Waals surface area contributed by atoms with Crippen molar-refractivity contribution in [2.24, 2.45) is 11.8 Å². The van der Waals surface area contributed by atoms with Gasteiger partial charge in [0.05, 0.1) is 5.92 Å². The third-order valence-corrected chi connectivity index (χ3v) is 4.51. The fraction of sp³-hybridized carbons (Fsp3) is 0.857. The minimum atomic E-state index is -0.749. The molecule has 0 radical (unpaired) electrons. The lowest BCUT2D eigenvalue weighted by Gasteiger charge is -2.29. The fourth-order valence-corrected chi connectivity index (χ4v) is 3.08. The van der Waals surface area contributed by atoms with Crippen molar-refractivity contribution in [1.82, 2.24) is 15.5 Å². The molecular weight excluding hydrogens is 258 g/mol. The number of aliphatic carboxylic acids is 1. The highest BCUT2D eigenvalue weighted by atomic mass is 16.4. The predicted molar refractivity (Wildman–Crippen MR) is 75.5 cm³/mol. The second-order valence-electron chi connectivity index (χ2n) is 6.15. The summed E-state index contributed by atoms with van der Waals surface area (Å²) in [6.45, 7) is 2.91. The van der Waals surface area contributed by atoms with Crippen LogP contribution in [0.2, 0.25) is 0 Å². The van der Waals surface area contributed by atoms with Crippen molar-refractivity contribution in [3.05, 3.63) is 0 Å². The van der Waals surface area contributed by atoms with E-state index < -0.39 is 5.97 Å². The molecule has 2 fully saturated rings. The molecule has 2 rings (SSSR count). The Bertz CT molecular complexity index is 354. The maximum Gasteiger partial charge on any atom is 0.315 e. The van der Waals surface area contributed by atoms with Crippen LogP contribution < -0.4 is 10.6 Å². The molecule has 3 N–H and O–H groups in total. The first kappa shape index (κ1) is 15.1. The van der Waals surface area contributed by atoms with Crippen molar-refractivity contribution in [3.8, 4) is 0 Å². The lowest BCUT2D eigenvalue weighted by molar-refractivity contribution is -0.141. The Morgan fingerprint density at radius 2 is 1.90 bits per heavy atom. The van der Waals surface area contributed by atoms with Crippen molar-refractivity contribution >= 4 is 12.0 Å². The van der Waals surface area contributed by atoms with Crippen molar-refractivity contribution in [2.45, 2.75) is 38.1 Å². The molecule has 1 saturated carbocycles. The average molecular weight is 283 g/mol. The second kappa shape index (κ2) is 6.92. The molecule has 0 spiro atoms. The predicted octanol–water partition coefficient (Wildman–Crippen LogP) is 0.881. The summed E-state index contributed by atoms with van der Waals surface area (Å²) in [6.07, 6.45) is 4.23. The third-order valence-electron chi connectivity index (χ3n) is 4.51. The van der Waals surface area contributed by atoms with Crippen LogP contribution in [0, 0.1) is 11.8 Å². The van der Waals surface area contributed by atoms with Crippen molar-refractivity contribution in [3.63, 3.8) is 0 Å². The zero-order valence-corrected chi connectivity index (χ0v) is 12.1. The molecule has 2 amide bonds. The zero-order chi connectivity index (χ0) is 14.5. The van der Waals surface area contributed by atoms with E-state index in [9.17, 15) is 9.59 Å². The first-order valence-electron chi connectivity index (χ1n) is 7.50. The lowest BCUT2D eigenvalue weighted by atomic mass is 9.97. The van der Waals surface area contributed by atoms with Gasteiger partial charge < -0.3 is 20.6 Å². The van der Waals surface area contributed by atoms with Gasteiger partial charge >= 0.3 is 12.0 Å². The summed E-state index contributed by atoms with van der Waals surface area (Å²) in [5.41, 5.74) is 0. The number of amides is 2. The number of carbonyl (C=O) groups is 2. The van der Waals surface area contributed by atoms with Gasteiger partial charge in [0.2, 0.25) is 0 Å². The number of hydrogen-bond donors (Lipinski definition) is 3. The normalized spacial score (nSPS) is 28.2. The SMILES string of the molecule is CN1CCC(CNC(=O)N[C@H]2CC[C@@H](C(=O)O)C2)CC1. The zero-order valence-electron chi connectivity index (χ0n) is 12.1. The van der Waals surface area contributed by atoms with Gasteiger partial charge in [0.15, 0.2) is 0 Å². The number of rotatable bonds is 4. The minimum absolute atomic E-state index is 0.00795. The molecule has 1 aliphatic carbocycles. The number of hydrogen-bond acceptors (Lipinski definition) is 3. The van der Waals surface area contributed by atoms with Gasteiger partial charge in [-0.25, -0.2) is 4.79 Å². The van der Waals surface area contributed by atoms with Crippen molar-refractivity contribution in [1.29, 1.82) is 0 Å². The van der Waals surface area contributed by atoms with Gasteiger partial charge in [0, 0.05) is 12.6 Å². The molecule has 2 aliphatic rings. The first-order valence-corrected chi connectivity index (χ1v) is 7.50. The monoisotopic (exact) mass is 283 g/mol. The maximum absolute atomic E-state index is 11.8. The van der Waals surface area contributed by atoms with E-state index in [0.29, 0.717) is 18.8 Å². The van der Waals surface area contributed by atoms with Gasteiger partial charge in [-0.2, -0.15) is 0 Å². The molecule has 1 aliphatic heterocycles. The Balaban J connectivity index is 1.62. The van der Waals surface area contributed by atoms with E-state index in [0.717, 1.165) is 38.9 Å². The number of nitrogens with zero attached hydrogens (tertiary/aromatic N) is 1. The molecule has 20 heavy (non-hydrogen) atoms. The second-order valence-corrected chi connectivity index (χ2v) is 6.15. The highest BCUT2D eigenvalue weighted by Crippen LogP contribution is 2.25. The Morgan fingerprint density at radius 1 is 1.20 bits per heavy atom. The number of carboxylic acid groups (broad SMARTS) is 1. The van der Waals surface area contributed by atoms with E-state index in [1.807, 2.05) is 0 Å². The van der Waals surface area contributed by atoms with Crippen LogP contribution in [-0.4, -0.2) is 54.7 Å². The average Bonchev–Trinajstić information content (AvgIpc) is 2.87. The number of nitrogens with one attached hydrogen (secondary N) is 2. The molecule has 0 aromatic heterocycles. The maximum atomic E-state index is 11.8. The quantitative estimate of drug-likeness (QED) is 0.715. The summed E-state index contributed by atoms with van der Waals surface area (Å²) in [7, 11) is 2.12. The van der Waals surface area contributed by atoms with Crippen LogP contribution in [0.3, 0.4) is 0 Å². The minimum Gasteiger partial charge on any atom is -0.481 e. The van der Waals surface area contributed by atoms with Gasteiger partial charge in [-0.15, -0.1) is 0 Å². The Morgan fingerprint density at radius 3 is 2.50 bits per heavy atom. The van der Waals surface area contributed by atoms with E-state index in [-0.39, 0.29) is 18.0 Å². The molecule has 114 valence electrons. The van der Waals surface area contributed by atoms with E-state index >= 15 is 0 Å². The standard InChI is InChI=1S/C14H25N3O3/c1-17-6-4-10(5-7-17)9-15-14(20)16-12-3-2-11(8-12)13(18)19/h10-12H,2-9H2,1H3,(H,18,19)(H2,15,16,20)/t11-,12+/m1/s1. The number of urea groups is 1. The summed E-state index contributed by atoms with van der Waals surface area (Å²) in [5, 5.41) is 14.7. The molecule has 1 saturated heterocycles. The van der Waals surface area contributed by atoms with Gasteiger partial charge in [0.1, 0.15) is 0 Å². The van der Waals surface area contributed by atoms with E-state index in [1.54, 1.807) is 0 Å². The van der Waals surface area contributed by atoms with Crippen LogP contribution in [0.4, 0.5) is 4.79 Å².